The zero-order valence-corrected chi connectivity index (χ0v) is 8.80. The second-order valence-corrected chi connectivity index (χ2v) is 4.83. The highest BCUT2D eigenvalue weighted by atomic mass is 32.2. The van der Waals surface area contributed by atoms with E-state index in [9.17, 15) is 4.79 Å². The summed E-state index contributed by atoms with van der Waals surface area (Å²) >= 11 is 1.41. The van der Waals surface area contributed by atoms with E-state index in [4.69, 9.17) is 0 Å². The van der Waals surface area contributed by atoms with Crippen LogP contribution in [0.4, 0.5) is 0 Å². The summed E-state index contributed by atoms with van der Waals surface area (Å²) in [7, 11) is 0. The second-order valence-electron chi connectivity index (χ2n) is 3.20. The molecule has 2 heteroatoms. The van der Waals surface area contributed by atoms with Gasteiger partial charge in [0.25, 0.3) is 0 Å². The van der Waals surface area contributed by atoms with Crippen LogP contribution in [0.15, 0.2) is 30.3 Å². The van der Waals surface area contributed by atoms with Gasteiger partial charge in [-0.05, 0) is 5.56 Å². The Hall–Kier alpha value is -0.760. The number of hydrogen-bond donors (Lipinski definition) is 0. The minimum absolute atomic E-state index is 0.251. The average Bonchev–Trinajstić information content (AvgIpc) is 2.04. The summed E-state index contributed by atoms with van der Waals surface area (Å²) in [6, 6.07) is 9.85. The minimum Gasteiger partial charge on any atom is -0.287 e. The normalized spacial score (nSPS) is 10.4. The van der Waals surface area contributed by atoms with Gasteiger partial charge in [0, 0.05) is 11.7 Å². The summed E-state index contributed by atoms with van der Waals surface area (Å²) in [5.41, 5.74) is 1.10. The fourth-order valence-electron chi connectivity index (χ4n) is 1.07. The van der Waals surface area contributed by atoms with Gasteiger partial charge in [-0.3, -0.25) is 4.79 Å². The SMILES string of the molecule is CC(C)SC(=O)Cc1ccccc1. The third-order valence-electron chi connectivity index (χ3n) is 1.56. The Kier molecular flexibility index (Phi) is 4.03. The Morgan fingerprint density at radius 2 is 1.92 bits per heavy atom. The predicted molar refractivity (Wildman–Crippen MR) is 57.9 cm³/mol. The number of hydrogen-bond acceptors (Lipinski definition) is 2. The van der Waals surface area contributed by atoms with Crippen molar-refractivity contribution >= 4 is 16.9 Å². The van der Waals surface area contributed by atoms with Gasteiger partial charge in [0.1, 0.15) is 0 Å². The Labute approximate surface area is 83.5 Å². The number of rotatable bonds is 3. The van der Waals surface area contributed by atoms with E-state index in [1.807, 2.05) is 44.2 Å². The number of thioether (sulfide) groups is 1. The zero-order valence-electron chi connectivity index (χ0n) is 7.99. The van der Waals surface area contributed by atoms with E-state index in [-0.39, 0.29) is 5.12 Å². The van der Waals surface area contributed by atoms with E-state index in [0.717, 1.165) is 5.56 Å². The molecule has 1 aromatic carbocycles. The lowest BCUT2D eigenvalue weighted by Gasteiger charge is -2.02. The monoisotopic (exact) mass is 194 g/mol. The molecule has 0 aliphatic rings. The Bertz CT molecular complexity index is 267. The van der Waals surface area contributed by atoms with E-state index < -0.39 is 0 Å². The highest BCUT2D eigenvalue weighted by molar-refractivity contribution is 8.14. The first-order valence-corrected chi connectivity index (χ1v) is 5.30. The molecule has 0 unspecified atom stereocenters. The molecule has 0 aliphatic carbocycles. The van der Waals surface area contributed by atoms with Gasteiger partial charge in [-0.25, -0.2) is 0 Å². The highest BCUT2D eigenvalue weighted by Crippen LogP contribution is 2.13. The Morgan fingerprint density at radius 3 is 2.46 bits per heavy atom. The van der Waals surface area contributed by atoms with Gasteiger partial charge < -0.3 is 0 Å². The summed E-state index contributed by atoms with van der Waals surface area (Å²) in [5.74, 6) is 0. The van der Waals surface area contributed by atoms with Crippen LogP contribution in [0.1, 0.15) is 19.4 Å². The van der Waals surface area contributed by atoms with Crippen molar-refractivity contribution in [1.82, 2.24) is 0 Å². The van der Waals surface area contributed by atoms with Crippen LogP contribution in [0.2, 0.25) is 0 Å². The third-order valence-corrected chi connectivity index (χ3v) is 2.44. The molecule has 0 heterocycles. The van der Waals surface area contributed by atoms with Gasteiger partial charge in [0.2, 0.25) is 0 Å². The topological polar surface area (TPSA) is 17.1 Å². The second kappa shape index (κ2) is 5.07. The molecule has 70 valence electrons. The van der Waals surface area contributed by atoms with Crippen LogP contribution in [-0.4, -0.2) is 10.4 Å². The van der Waals surface area contributed by atoms with Crippen molar-refractivity contribution in [3.63, 3.8) is 0 Å². The van der Waals surface area contributed by atoms with Crippen molar-refractivity contribution in [1.29, 1.82) is 0 Å². The fourth-order valence-corrected chi connectivity index (χ4v) is 1.84. The van der Waals surface area contributed by atoms with Crippen LogP contribution in [0.25, 0.3) is 0 Å². The van der Waals surface area contributed by atoms with Gasteiger partial charge in [0.15, 0.2) is 5.12 Å². The predicted octanol–water partition coefficient (Wildman–Crippen LogP) is 2.90. The van der Waals surface area contributed by atoms with Crippen molar-refractivity contribution < 1.29 is 4.79 Å². The average molecular weight is 194 g/mol. The van der Waals surface area contributed by atoms with E-state index >= 15 is 0 Å². The molecule has 13 heavy (non-hydrogen) atoms. The molecule has 0 aromatic heterocycles. The Morgan fingerprint density at radius 1 is 1.31 bits per heavy atom. The Balaban J connectivity index is 2.46. The first kappa shape index (κ1) is 10.3. The summed E-state index contributed by atoms with van der Waals surface area (Å²) in [5, 5.41) is 0.636. The quantitative estimate of drug-likeness (QED) is 0.736. The fraction of sp³-hybridized carbons (Fsp3) is 0.364. The van der Waals surface area contributed by atoms with Crippen molar-refractivity contribution in [2.75, 3.05) is 0 Å². The van der Waals surface area contributed by atoms with E-state index in [1.54, 1.807) is 0 Å². The van der Waals surface area contributed by atoms with E-state index in [0.29, 0.717) is 11.7 Å². The van der Waals surface area contributed by atoms with E-state index in [1.165, 1.54) is 11.8 Å². The van der Waals surface area contributed by atoms with Crippen LogP contribution in [-0.2, 0) is 11.2 Å². The maximum Gasteiger partial charge on any atom is 0.193 e. The van der Waals surface area contributed by atoms with Gasteiger partial charge in [0.05, 0.1) is 0 Å². The van der Waals surface area contributed by atoms with Crippen LogP contribution in [0.3, 0.4) is 0 Å². The molecule has 0 fully saturated rings. The van der Waals surface area contributed by atoms with Crippen molar-refractivity contribution in [3.8, 4) is 0 Å². The molecule has 0 aliphatic heterocycles. The van der Waals surface area contributed by atoms with Crippen LogP contribution < -0.4 is 0 Å². The van der Waals surface area contributed by atoms with Crippen molar-refractivity contribution in [2.24, 2.45) is 0 Å². The molecule has 1 aromatic rings. The molecule has 1 rings (SSSR count). The number of carbonyl (C=O) groups excluding carboxylic acids is 1. The van der Waals surface area contributed by atoms with Crippen LogP contribution in [0, 0.1) is 0 Å². The highest BCUT2D eigenvalue weighted by Gasteiger charge is 2.05. The number of benzene rings is 1. The lowest BCUT2D eigenvalue weighted by molar-refractivity contribution is -0.110. The molecule has 0 spiro atoms. The molecule has 0 saturated carbocycles. The zero-order chi connectivity index (χ0) is 9.68. The van der Waals surface area contributed by atoms with Gasteiger partial charge in [-0.1, -0.05) is 55.9 Å². The van der Waals surface area contributed by atoms with Crippen LogP contribution in [0.5, 0.6) is 0 Å². The van der Waals surface area contributed by atoms with Gasteiger partial charge in [-0.15, -0.1) is 0 Å². The molecule has 0 radical (unpaired) electrons. The summed E-state index contributed by atoms with van der Waals surface area (Å²) in [6.45, 7) is 4.07. The van der Waals surface area contributed by atoms with Crippen molar-refractivity contribution in [2.45, 2.75) is 25.5 Å². The van der Waals surface area contributed by atoms with Gasteiger partial charge >= 0.3 is 0 Å². The summed E-state index contributed by atoms with van der Waals surface area (Å²) in [4.78, 5) is 11.4. The maximum absolute atomic E-state index is 11.4. The third kappa shape index (κ3) is 4.13. The summed E-state index contributed by atoms with van der Waals surface area (Å²) < 4.78 is 0. The smallest absolute Gasteiger partial charge is 0.193 e. The number of carbonyl (C=O) groups is 1. The largest absolute Gasteiger partial charge is 0.287 e. The molecule has 0 bridgehead atoms. The molecule has 0 N–H and O–H groups in total. The molecule has 0 amide bonds. The lowest BCUT2D eigenvalue weighted by atomic mass is 10.2. The first-order chi connectivity index (χ1) is 6.18. The van der Waals surface area contributed by atoms with Gasteiger partial charge in [-0.2, -0.15) is 0 Å². The standard InChI is InChI=1S/C11H14OS/c1-9(2)13-11(12)8-10-6-4-3-5-7-10/h3-7,9H,8H2,1-2H3. The summed E-state index contributed by atoms with van der Waals surface area (Å²) in [6.07, 6.45) is 0.545. The molecule has 0 saturated heterocycles. The van der Waals surface area contributed by atoms with Crippen molar-refractivity contribution in [3.05, 3.63) is 35.9 Å². The van der Waals surface area contributed by atoms with Crippen LogP contribution >= 0.6 is 11.8 Å². The first-order valence-electron chi connectivity index (χ1n) is 4.42. The lowest BCUT2D eigenvalue weighted by Crippen LogP contribution is -2.01. The maximum atomic E-state index is 11.4. The molecule has 0 atom stereocenters. The molecular formula is C11H14OS. The minimum atomic E-state index is 0.251. The molecule has 1 nitrogen and oxygen atoms in total. The molecular weight excluding hydrogens is 180 g/mol. The van der Waals surface area contributed by atoms with E-state index in [2.05, 4.69) is 0 Å².